The van der Waals surface area contributed by atoms with Crippen molar-refractivity contribution in [2.45, 2.75) is 6.54 Å². The van der Waals surface area contributed by atoms with Crippen molar-refractivity contribution < 1.29 is 4.79 Å². The molecule has 0 fully saturated rings. The van der Waals surface area contributed by atoms with Gasteiger partial charge in [-0.3, -0.25) is 9.78 Å². The van der Waals surface area contributed by atoms with E-state index in [0.29, 0.717) is 16.7 Å². The van der Waals surface area contributed by atoms with E-state index in [1.807, 2.05) is 12.1 Å². The molecule has 2 aromatic rings. The number of amides is 1. The Hall–Kier alpha value is -1.75. The number of nitrogens with one attached hydrogen (secondary N) is 1. The maximum Gasteiger partial charge on any atom is 0.253 e. The van der Waals surface area contributed by atoms with Crippen molar-refractivity contribution in [3.63, 3.8) is 0 Å². The zero-order chi connectivity index (χ0) is 12.1. The normalized spacial score (nSPS) is 9.94. The minimum absolute atomic E-state index is 0.145. The average molecular weight is 292 g/mol. The van der Waals surface area contributed by atoms with Crippen molar-refractivity contribution in [1.29, 1.82) is 0 Å². The van der Waals surface area contributed by atoms with Crippen LogP contribution < -0.4 is 5.32 Å². The summed E-state index contributed by atoms with van der Waals surface area (Å²) in [6, 6.07) is 7.20. The first-order chi connectivity index (χ1) is 8.25. The predicted molar refractivity (Wildman–Crippen MR) is 67.3 cm³/mol. The molecule has 0 atom stereocenters. The molecule has 0 saturated heterocycles. The lowest BCUT2D eigenvalue weighted by Crippen LogP contribution is -2.22. The Kier molecular flexibility index (Phi) is 3.82. The third-order valence-corrected chi connectivity index (χ3v) is 2.63. The first kappa shape index (κ1) is 11.7. The van der Waals surface area contributed by atoms with Gasteiger partial charge in [-0.25, -0.2) is 4.98 Å². The minimum Gasteiger partial charge on any atom is -0.348 e. The number of aromatic nitrogens is 2. The lowest BCUT2D eigenvalue weighted by Gasteiger charge is -2.04. The van der Waals surface area contributed by atoms with Crippen LogP contribution in [0.15, 0.2) is 47.5 Å². The number of pyridine rings is 2. The highest BCUT2D eigenvalue weighted by molar-refractivity contribution is 9.10. The number of halogens is 1. The smallest absolute Gasteiger partial charge is 0.253 e. The summed E-state index contributed by atoms with van der Waals surface area (Å²) >= 11 is 3.22. The van der Waals surface area contributed by atoms with Gasteiger partial charge in [-0.15, -0.1) is 0 Å². The SMILES string of the molecule is O=C(NCc1cccnc1)c1ccc(Br)nc1. The molecule has 1 amide bonds. The van der Waals surface area contributed by atoms with Gasteiger partial charge in [-0.1, -0.05) is 6.07 Å². The molecule has 2 heterocycles. The molecule has 2 rings (SSSR count). The van der Waals surface area contributed by atoms with Gasteiger partial charge in [0.1, 0.15) is 4.60 Å². The molecule has 17 heavy (non-hydrogen) atoms. The molecule has 0 aliphatic carbocycles. The fourth-order valence-corrected chi connectivity index (χ4v) is 1.53. The topological polar surface area (TPSA) is 54.9 Å². The predicted octanol–water partition coefficient (Wildman–Crippen LogP) is 2.17. The van der Waals surface area contributed by atoms with Gasteiger partial charge in [0.25, 0.3) is 5.91 Å². The van der Waals surface area contributed by atoms with Crippen molar-refractivity contribution in [1.82, 2.24) is 15.3 Å². The summed E-state index contributed by atoms with van der Waals surface area (Å²) in [4.78, 5) is 19.7. The molecule has 0 aliphatic rings. The molecular formula is C12H10BrN3O. The number of carbonyl (C=O) groups is 1. The fourth-order valence-electron chi connectivity index (χ4n) is 1.30. The summed E-state index contributed by atoms with van der Waals surface area (Å²) in [6.07, 6.45) is 4.95. The van der Waals surface area contributed by atoms with E-state index in [1.165, 1.54) is 6.20 Å². The van der Waals surface area contributed by atoms with E-state index in [2.05, 4.69) is 31.2 Å². The number of carbonyl (C=O) groups excluding carboxylic acids is 1. The van der Waals surface area contributed by atoms with Crippen molar-refractivity contribution in [3.05, 3.63) is 58.6 Å². The van der Waals surface area contributed by atoms with Crippen LogP contribution in [0.3, 0.4) is 0 Å². The third kappa shape index (κ3) is 3.35. The molecule has 2 aromatic heterocycles. The van der Waals surface area contributed by atoms with Crippen LogP contribution >= 0.6 is 15.9 Å². The summed E-state index contributed by atoms with van der Waals surface area (Å²) in [5.41, 5.74) is 1.50. The monoisotopic (exact) mass is 291 g/mol. The van der Waals surface area contributed by atoms with Gasteiger partial charge in [0.15, 0.2) is 0 Å². The first-order valence-electron chi connectivity index (χ1n) is 5.04. The maximum atomic E-state index is 11.7. The molecule has 5 heteroatoms. The second-order valence-corrected chi connectivity index (χ2v) is 4.23. The summed E-state index contributed by atoms with van der Waals surface area (Å²) in [5.74, 6) is -0.145. The Labute approximate surface area is 107 Å². The van der Waals surface area contributed by atoms with E-state index in [1.54, 1.807) is 24.5 Å². The molecule has 0 aromatic carbocycles. The molecule has 0 bridgehead atoms. The Balaban J connectivity index is 1.96. The van der Waals surface area contributed by atoms with Crippen LogP contribution in [0.4, 0.5) is 0 Å². The Morgan fingerprint density at radius 1 is 1.29 bits per heavy atom. The Bertz CT molecular complexity index is 499. The average Bonchev–Trinajstić information content (AvgIpc) is 2.38. The fraction of sp³-hybridized carbons (Fsp3) is 0.0833. The van der Waals surface area contributed by atoms with E-state index in [0.717, 1.165) is 5.56 Å². The molecule has 0 aliphatic heterocycles. The van der Waals surface area contributed by atoms with Gasteiger partial charge in [0.2, 0.25) is 0 Å². The summed E-state index contributed by atoms with van der Waals surface area (Å²) in [7, 11) is 0. The third-order valence-electron chi connectivity index (χ3n) is 2.17. The molecule has 0 unspecified atom stereocenters. The highest BCUT2D eigenvalue weighted by Crippen LogP contribution is 2.06. The molecule has 86 valence electrons. The quantitative estimate of drug-likeness (QED) is 0.882. The van der Waals surface area contributed by atoms with Crippen LogP contribution in [0.5, 0.6) is 0 Å². The van der Waals surface area contributed by atoms with Crippen LogP contribution in [0.2, 0.25) is 0 Å². The number of rotatable bonds is 3. The van der Waals surface area contributed by atoms with Gasteiger partial charge >= 0.3 is 0 Å². The number of hydrogen-bond acceptors (Lipinski definition) is 3. The van der Waals surface area contributed by atoms with Crippen molar-refractivity contribution in [2.75, 3.05) is 0 Å². The Morgan fingerprint density at radius 3 is 2.82 bits per heavy atom. The largest absolute Gasteiger partial charge is 0.348 e. The van der Waals surface area contributed by atoms with E-state index < -0.39 is 0 Å². The molecule has 0 spiro atoms. The molecule has 0 saturated carbocycles. The summed E-state index contributed by atoms with van der Waals surface area (Å²) < 4.78 is 0.710. The van der Waals surface area contributed by atoms with Crippen molar-refractivity contribution >= 4 is 21.8 Å². The zero-order valence-electron chi connectivity index (χ0n) is 8.93. The maximum absolute atomic E-state index is 11.7. The van der Waals surface area contributed by atoms with Crippen LogP contribution in [0.25, 0.3) is 0 Å². The highest BCUT2D eigenvalue weighted by atomic mass is 79.9. The second-order valence-electron chi connectivity index (χ2n) is 3.41. The van der Waals surface area contributed by atoms with Crippen LogP contribution in [-0.4, -0.2) is 15.9 Å². The van der Waals surface area contributed by atoms with Gasteiger partial charge in [0.05, 0.1) is 5.56 Å². The van der Waals surface area contributed by atoms with E-state index >= 15 is 0 Å². The lowest BCUT2D eigenvalue weighted by molar-refractivity contribution is 0.0950. The molecular weight excluding hydrogens is 282 g/mol. The summed E-state index contributed by atoms with van der Waals surface area (Å²) in [5, 5.41) is 2.80. The van der Waals surface area contributed by atoms with Crippen LogP contribution in [-0.2, 0) is 6.54 Å². The highest BCUT2D eigenvalue weighted by Gasteiger charge is 2.05. The van der Waals surface area contributed by atoms with E-state index in [4.69, 9.17) is 0 Å². The molecule has 1 N–H and O–H groups in total. The standard InChI is InChI=1S/C12H10BrN3O/c13-11-4-3-10(8-15-11)12(17)16-7-9-2-1-5-14-6-9/h1-6,8H,7H2,(H,16,17). The Morgan fingerprint density at radius 2 is 2.18 bits per heavy atom. The first-order valence-corrected chi connectivity index (χ1v) is 5.83. The molecule has 0 radical (unpaired) electrons. The van der Waals surface area contributed by atoms with Crippen molar-refractivity contribution in [3.8, 4) is 0 Å². The van der Waals surface area contributed by atoms with Gasteiger partial charge < -0.3 is 5.32 Å². The van der Waals surface area contributed by atoms with Gasteiger partial charge in [-0.05, 0) is 39.7 Å². The minimum atomic E-state index is -0.145. The van der Waals surface area contributed by atoms with E-state index in [9.17, 15) is 4.79 Å². The zero-order valence-corrected chi connectivity index (χ0v) is 10.5. The second kappa shape index (κ2) is 5.54. The molecule has 4 nitrogen and oxygen atoms in total. The summed E-state index contributed by atoms with van der Waals surface area (Å²) in [6.45, 7) is 0.461. The van der Waals surface area contributed by atoms with Crippen LogP contribution in [0, 0.1) is 0 Å². The van der Waals surface area contributed by atoms with Crippen LogP contribution in [0.1, 0.15) is 15.9 Å². The van der Waals surface area contributed by atoms with Gasteiger partial charge in [-0.2, -0.15) is 0 Å². The lowest BCUT2D eigenvalue weighted by atomic mass is 10.2. The number of nitrogens with zero attached hydrogens (tertiary/aromatic N) is 2. The van der Waals surface area contributed by atoms with E-state index in [-0.39, 0.29) is 5.91 Å². The number of hydrogen-bond donors (Lipinski definition) is 1. The van der Waals surface area contributed by atoms with Crippen molar-refractivity contribution in [2.24, 2.45) is 0 Å². The van der Waals surface area contributed by atoms with Gasteiger partial charge in [0, 0.05) is 25.1 Å².